The van der Waals surface area contributed by atoms with Crippen LogP contribution in [0.1, 0.15) is 28.0 Å². The summed E-state index contributed by atoms with van der Waals surface area (Å²) in [7, 11) is 1.48. The second-order valence-corrected chi connectivity index (χ2v) is 8.47. The Morgan fingerprint density at radius 1 is 1.20 bits per heavy atom. The maximum Gasteiger partial charge on any atom is 0.416 e. The molecule has 3 aromatic rings. The molecule has 2 atom stereocenters. The molecule has 0 bridgehead atoms. The van der Waals surface area contributed by atoms with Crippen molar-refractivity contribution in [3.8, 4) is 11.4 Å². The third-order valence-electron chi connectivity index (χ3n) is 5.77. The molecule has 0 radical (unpaired) electrons. The Hall–Kier alpha value is -3.60. The fourth-order valence-electron chi connectivity index (χ4n) is 4.16. The summed E-state index contributed by atoms with van der Waals surface area (Å²) in [6, 6.07) is 6.55. The third-order valence-corrected chi connectivity index (χ3v) is 5.77. The summed E-state index contributed by atoms with van der Waals surface area (Å²) < 4.78 is 60.4. The van der Waals surface area contributed by atoms with Gasteiger partial charge in [0.15, 0.2) is 0 Å². The monoisotopic (exact) mass is 492 g/mol. The molecular formula is C24H24F4N4O3. The van der Waals surface area contributed by atoms with Crippen LogP contribution >= 0.6 is 0 Å². The molecule has 2 unspecified atom stereocenters. The molecule has 2 N–H and O–H groups in total. The summed E-state index contributed by atoms with van der Waals surface area (Å²) in [4.78, 5) is 18.5. The predicted molar refractivity (Wildman–Crippen MR) is 120 cm³/mol. The van der Waals surface area contributed by atoms with Gasteiger partial charge < -0.3 is 24.6 Å². The Bertz CT molecular complexity index is 1230. The van der Waals surface area contributed by atoms with Gasteiger partial charge in [0.25, 0.3) is 5.91 Å². The van der Waals surface area contributed by atoms with Crippen molar-refractivity contribution in [3.63, 3.8) is 0 Å². The first-order chi connectivity index (χ1) is 16.5. The van der Waals surface area contributed by atoms with E-state index in [9.17, 15) is 27.5 Å². The zero-order valence-electron chi connectivity index (χ0n) is 19.0. The van der Waals surface area contributed by atoms with Crippen molar-refractivity contribution >= 4 is 11.6 Å². The molecule has 0 spiro atoms. The van der Waals surface area contributed by atoms with Gasteiger partial charge in [-0.3, -0.25) is 4.79 Å². The number of methoxy groups -OCH3 is 1. The number of halogens is 4. The molecule has 186 valence electrons. The molecule has 2 aromatic carbocycles. The van der Waals surface area contributed by atoms with E-state index in [1.165, 1.54) is 12.0 Å². The molecule has 4 rings (SSSR count). The van der Waals surface area contributed by atoms with Crippen molar-refractivity contribution in [2.24, 2.45) is 0 Å². The number of hydrogen-bond donors (Lipinski definition) is 2. The molecule has 1 amide bonds. The van der Waals surface area contributed by atoms with Crippen molar-refractivity contribution in [2.45, 2.75) is 31.7 Å². The summed E-state index contributed by atoms with van der Waals surface area (Å²) in [5, 5.41) is 13.1. The number of hydrogen-bond acceptors (Lipinski definition) is 5. The van der Waals surface area contributed by atoms with E-state index in [-0.39, 0.29) is 25.2 Å². The van der Waals surface area contributed by atoms with E-state index in [4.69, 9.17) is 4.74 Å². The number of amides is 1. The topological polar surface area (TPSA) is 79.6 Å². The smallest absolute Gasteiger partial charge is 0.416 e. The zero-order valence-corrected chi connectivity index (χ0v) is 19.0. The number of ether oxygens (including phenoxy) is 1. The van der Waals surface area contributed by atoms with Gasteiger partial charge in [-0.1, -0.05) is 0 Å². The van der Waals surface area contributed by atoms with Gasteiger partial charge in [-0.15, -0.1) is 0 Å². The van der Waals surface area contributed by atoms with Gasteiger partial charge in [0.2, 0.25) is 0 Å². The number of carbonyl (C=O) groups is 1. The summed E-state index contributed by atoms with van der Waals surface area (Å²) in [5.74, 6) is -1.03. The van der Waals surface area contributed by atoms with Gasteiger partial charge >= 0.3 is 6.18 Å². The van der Waals surface area contributed by atoms with Crippen LogP contribution in [0.2, 0.25) is 0 Å². The molecule has 1 aliphatic heterocycles. The Balaban J connectivity index is 1.51. The number of imidazole rings is 1. The highest BCUT2D eigenvalue weighted by Crippen LogP contribution is 2.33. The fraction of sp³-hybridized carbons (Fsp3) is 0.333. The average Bonchev–Trinajstić information content (AvgIpc) is 3.23. The minimum absolute atomic E-state index is 0.0139. The maximum atomic E-state index is 13.9. The summed E-state index contributed by atoms with van der Waals surface area (Å²) in [6.07, 6.45) is -1.99. The summed E-state index contributed by atoms with van der Waals surface area (Å²) >= 11 is 0. The molecule has 1 saturated heterocycles. The quantitative estimate of drug-likeness (QED) is 0.531. The lowest BCUT2D eigenvalue weighted by molar-refractivity contribution is -0.137. The first kappa shape index (κ1) is 24.5. The number of nitrogens with zero attached hydrogens (tertiary/aromatic N) is 3. The first-order valence-electron chi connectivity index (χ1n) is 10.8. The zero-order chi connectivity index (χ0) is 25.3. The lowest BCUT2D eigenvalue weighted by Gasteiger charge is -2.37. The lowest BCUT2D eigenvalue weighted by Crippen LogP contribution is -2.52. The highest BCUT2D eigenvalue weighted by Gasteiger charge is 2.33. The number of aliphatic hydroxyl groups excluding tert-OH is 1. The van der Waals surface area contributed by atoms with Crippen LogP contribution in [0, 0.1) is 12.7 Å². The molecular weight excluding hydrogens is 468 g/mol. The van der Waals surface area contributed by atoms with Crippen LogP contribution in [-0.4, -0.2) is 52.9 Å². The van der Waals surface area contributed by atoms with Gasteiger partial charge in [-0.05, 0) is 49.7 Å². The molecule has 35 heavy (non-hydrogen) atoms. The van der Waals surface area contributed by atoms with Crippen LogP contribution in [0.5, 0.6) is 5.75 Å². The molecule has 1 aromatic heterocycles. The van der Waals surface area contributed by atoms with Crippen LogP contribution < -0.4 is 15.0 Å². The van der Waals surface area contributed by atoms with E-state index >= 15 is 0 Å². The van der Waals surface area contributed by atoms with Crippen molar-refractivity contribution < 1.29 is 32.2 Å². The number of carbonyl (C=O) groups excluding carboxylic acids is 1. The number of piperidine rings is 1. The number of aromatic nitrogens is 2. The van der Waals surface area contributed by atoms with Gasteiger partial charge in [-0.2, -0.15) is 13.2 Å². The molecule has 1 aliphatic rings. The molecule has 1 fully saturated rings. The van der Waals surface area contributed by atoms with Crippen molar-refractivity contribution in [3.05, 3.63) is 71.6 Å². The van der Waals surface area contributed by atoms with Crippen LogP contribution in [0.15, 0.2) is 48.9 Å². The Morgan fingerprint density at radius 3 is 2.63 bits per heavy atom. The van der Waals surface area contributed by atoms with Gasteiger partial charge in [0.1, 0.15) is 11.6 Å². The number of benzene rings is 2. The van der Waals surface area contributed by atoms with Gasteiger partial charge in [-0.25, -0.2) is 9.37 Å². The van der Waals surface area contributed by atoms with Gasteiger partial charge in [0, 0.05) is 36.6 Å². The SMILES string of the molecule is COc1cc(C(=O)NC2CC(O)CN(c3cc(F)cc(C(F)(F)F)c3)C2)ccc1-n1cnc(C)c1. The van der Waals surface area contributed by atoms with Crippen molar-refractivity contribution in [1.82, 2.24) is 14.9 Å². The normalized spacial score (nSPS) is 18.4. The minimum atomic E-state index is -4.71. The average molecular weight is 492 g/mol. The Morgan fingerprint density at radius 2 is 1.97 bits per heavy atom. The molecule has 0 aliphatic carbocycles. The highest BCUT2D eigenvalue weighted by atomic mass is 19.4. The minimum Gasteiger partial charge on any atom is -0.495 e. The van der Waals surface area contributed by atoms with Crippen LogP contribution in [0.3, 0.4) is 0 Å². The number of aliphatic hydroxyl groups is 1. The lowest BCUT2D eigenvalue weighted by atomic mass is 10.0. The van der Waals surface area contributed by atoms with E-state index in [1.54, 1.807) is 29.1 Å². The number of alkyl halides is 3. The van der Waals surface area contributed by atoms with Crippen LogP contribution in [-0.2, 0) is 6.18 Å². The second-order valence-electron chi connectivity index (χ2n) is 8.47. The highest BCUT2D eigenvalue weighted by molar-refractivity contribution is 5.95. The number of β-amino-alcohol motifs (C(OH)–C–C–N with tert-alkyl or cyclic N) is 1. The van der Waals surface area contributed by atoms with E-state index in [2.05, 4.69) is 10.3 Å². The number of nitrogens with one attached hydrogen (secondary N) is 1. The summed E-state index contributed by atoms with van der Waals surface area (Å²) in [6.45, 7) is 1.97. The van der Waals surface area contributed by atoms with Gasteiger partial charge in [0.05, 0.1) is 36.5 Å². The molecule has 7 nitrogen and oxygen atoms in total. The second kappa shape index (κ2) is 9.57. The molecule has 11 heteroatoms. The third kappa shape index (κ3) is 5.56. The fourth-order valence-corrected chi connectivity index (χ4v) is 4.16. The molecule has 2 heterocycles. The Kier molecular flexibility index (Phi) is 6.70. The van der Waals surface area contributed by atoms with E-state index < -0.39 is 35.6 Å². The number of aryl methyl sites for hydroxylation is 1. The molecule has 0 saturated carbocycles. The maximum absolute atomic E-state index is 13.9. The first-order valence-corrected chi connectivity index (χ1v) is 10.8. The number of anilines is 1. The van der Waals surface area contributed by atoms with Crippen molar-refractivity contribution in [2.75, 3.05) is 25.1 Å². The van der Waals surface area contributed by atoms with E-state index in [0.717, 1.165) is 17.8 Å². The number of rotatable bonds is 5. The van der Waals surface area contributed by atoms with E-state index in [1.807, 2.05) is 13.1 Å². The van der Waals surface area contributed by atoms with Crippen LogP contribution in [0.25, 0.3) is 5.69 Å². The Labute approximate surface area is 199 Å². The summed E-state index contributed by atoms with van der Waals surface area (Å²) in [5.41, 5.74) is 0.676. The largest absolute Gasteiger partial charge is 0.495 e. The standard InChI is InChI=1S/C24H24F4N4O3/c1-14-10-32(13-29-14)21-4-3-15(5-22(21)35-2)23(34)30-18-9-20(33)12-31(11-18)19-7-16(24(26,27)28)6-17(25)8-19/h3-8,10,13,18,20,33H,9,11-12H2,1-2H3,(H,30,34). The predicted octanol–water partition coefficient (Wildman–Crippen LogP) is 3.72. The van der Waals surface area contributed by atoms with Crippen molar-refractivity contribution in [1.29, 1.82) is 0 Å². The van der Waals surface area contributed by atoms with E-state index in [0.29, 0.717) is 23.1 Å². The van der Waals surface area contributed by atoms with Crippen LogP contribution in [0.4, 0.5) is 23.2 Å².